The number of hydrogen-bond acceptors (Lipinski definition) is 2. The van der Waals surface area contributed by atoms with Crippen molar-refractivity contribution in [3.05, 3.63) is 34.9 Å². The van der Waals surface area contributed by atoms with Gasteiger partial charge in [-0.3, -0.25) is 9.79 Å². The standard InChI is InChI=1S/C18H28N4O.HI/c1-18(2,3)22-16(23)12-21-17(19-4)20-11-13-8-9-14-6-5-7-15(14)10-13;/h8-10H,5-7,11-12H2,1-4H3,(H,22,23)(H2,19,20,21);1H. The van der Waals surface area contributed by atoms with Crippen molar-refractivity contribution in [1.82, 2.24) is 16.0 Å². The Morgan fingerprint density at radius 1 is 1.17 bits per heavy atom. The maximum Gasteiger partial charge on any atom is 0.239 e. The van der Waals surface area contributed by atoms with E-state index in [0.717, 1.165) is 0 Å². The molecule has 0 unspecified atom stereocenters. The zero-order valence-corrected chi connectivity index (χ0v) is 17.4. The van der Waals surface area contributed by atoms with Gasteiger partial charge in [0.2, 0.25) is 5.91 Å². The number of carbonyl (C=O) groups excluding carboxylic acids is 1. The van der Waals surface area contributed by atoms with E-state index in [1.807, 2.05) is 20.8 Å². The predicted octanol–water partition coefficient (Wildman–Crippen LogP) is 2.37. The smallest absolute Gasteiger partial charge is 0.239 e. The van der Waals surface area contributed by atoms with Gasteiger partial charge < -0.3 is 16.0 Å². The highest BCUT2D eigenvalue weighted by Crippen LogP contribution is 2.22. The third-order valence-corrected chi connectivity index (χ3v) is 3.78. The van der Waals surface area contributed by atoms with Crippen molar-refractivity contribution in [2.75, 3.05) is 13.6 Å². The highest BCUT2D eigenvalue weighted by Gasteiger charge is 2.14. The third-order valence-electron chi connectivity index (χ3n) is 3.78. The number of halogens is 1. The molecule has 0 aromatic heterocycles. The molecule has 0 aliphatic heterocycles. The van der Waals surface area contributed by atoms with E-state index in [2.05, 4.69) is 39.1 Å². The van der Waals surface area contributed by atoms with Crippen LogP contribution < -0.4 is 16.0 Å². The Kier molecular flexibility index (Phi) is 7.99. The van der Waals surface area contributed by atoms with Gasteiger partial charge in [0.1, 0.15) is 0 Å². The number of nitrogens with zero attached hydrogens (tertiary/aromatic N) is 1. The SMILES string of the molecule is CN=C(NCC(=O)NC(C)(C)C)NCc1ccc2c(c1)CCC2.I. The zero-order valence-electron chi connectivity index (χ0n) is 15.0. The van der Waals surface area contributed by atoms with Crippen LogP contribution in [-0.4, -0.2) is 31.0 Å². The van der Waals surface area contributed by atoms with Gasteiger partial charge in [-0.15, -0.1) is 24.0 Å². The molecule has 5 nitrogen and oxygen atoms in total. The molecule has 0 fully saturated rings. The highest BCUT2D eigenvalue weighted by molar-refractivity contribution is 14.0. The number of aryl methyl sites for hydroxylation is 2. The summed E-state index contributed by atoms with van der Waals surface area (Å²) >= 11 is 0. The van der Waals surface area contributed by atoms with Crippen molar-refractivity contribution < 1.29 is 4.79 Å². The molecule has 0 atom stereocenters. The molecule has 6 heteroatoms. The van der Waals surface area contributed by atoms with E-state index in [9.17, 15) is 4.79 Å². The molecule has 3 N–H and O–H groups in total. The molecule has 0 radical (unpaired) electrons. The number of fused-ring (bicyclic) bond motifs is 1. The van der Waals surface area contributed by atoms with Gasteiger partial charge in [0.25, 0.3) is 0 Å². The van der Waals surface area contributed by atoms with Gasteiger partial charge in [-0.1, -0.05) is 18.2 Å². The Morgan fingerprint density at radius 2 is 1.88 bits per heavy atom. The average molecular weight is 444 g/mol. The molecule has 24 heavy (non-hydrogen) atoms. The van der Waals surface area contributed by atoms with Gasteiger partial charge in [-0.05, 0) is 56.7 Å². The molecule has 0 spiro atoms. The number of rotatable bonds is 4. The molecule has 1 aromatic rings. The number of nitrogens with one attached hydrogen (secondary N) is 3. The minimum absolute atomic E-state index is 0. The van der Waals surface area contributed by atoms with Gasteiger partial charge in [-0.2, -0.15) is 0 Å². The lowest BCUT2D eigenvalue weighted by molar-refractivity contribution is -0.121. The van der Waals surface area contributed by atoms with Crippen molar-refractivity contribution in [2.24, 2.45) is 4.99 Å². The molecule has 134 valence electrons. The summed E-state index contributed by atoms with van der Waals surface area (Å²) in [6.45, 7) is 6.80. The van der Waals surface area contributed by atoms with Crippen LogP contribution >= 0.6 is 24.0 Å². The van der Waals surface area contributed by atoms with E-state index in [1.54, 1.807) is 7.05 Å². The van der Waals surface area contributed by atoms with Crippen LogP contribution in [0.25, 0.3) is 0 Å². The Hall–Kier alpha value is -1.31. The molecule has 0 saturated carbocycles. The largest absolute Gasteiger partial charge is 0.352 e. The van der Waals surface area contributed by atoms with E-state index in [0.29, 0.717) is 12.5 Å². The second-order valence-electron chi connectivity index (χ2n) is 7.03. The molecule has 0 heterocycles. The first-order chi connectivity index (χ1) is 10.9. The van der Waals surface area contributed by atoms with Crippen LogP contribution in [0.2, 0.25) is 0 Å². The van der Waals surface area contributed by atoms with Crippen molar-refractivity contribution in [2.45, 2.75) is 52.1 Å². The van der Waals surface area contributed by atoms with Crippen LogP contribution in [0.3, 0.4) is 0 Å². The second kappa shape index (κ2) is 9.25. The van der Waals surface area contributed by atoms with E-state index < -0.39 is 0 Å². The minimum Gasteiger partial charge on any atom is -0.352 e. The predicted molar refractivity (Wildman–Crippen MR) is 110 cm³/mol. The van der Waals surface area contributed by atoms with E-state index >= 15 is 0 Å². The van der Waals surface area contributed by atoms with Gasteiger partial charge in [0, 0.05) is 19.1 Å². The normalized spacial score (nSPS) is 13.8. The van der Waals surface area contributed by atoms with Gasteiger partial charge >= 0.3 is 0 Å². The molecule has 1 aliphatic carbocycles. The fraction of sp³-hybridized carbons (Fsp3) is 0.556. The van der Waals surface area contributed by atoms with E-state index in [1.165, 1.54) is 36.0 Å². The van der Waals surface area contributed by atoms with Gasteiger partial charge in [0.15, 0.2) is 5.96 Å². The molecular weight excluding hydrogens is 415 g/mol. The van der Waals surface area contributed by atoms with E-state index in [-0.39, 0.29) is 42.0 Å². The number of guanidine groups is 1. The van der Waals surface area contributed by atoms with Crippen LogP contribution in [0.15, 0.2) is 23.2 Å². The average Bonchev–Trinajstić information content (AvgIpc) is 2.93. The van der Waals surface area contributed by atoms with Crippen molar-refractivity contribution in [1.29, 1.82) is 0 Å². The second-order valence-corrected chi connectivity index (χ2v) is 7.03. The van der Waals surface area contributed by atoms with Crippen LogP contribution in [-0.2, 0) is 24.2 Å². The van der Waals surface area contributed by atoms with Gasteiger partial charge in [-0.25, -0.2) is 0 Å². The van der Waals surface area contributed by atoms with Crippen LogP contribution in [0.5, 0.6) is 0 Å². The summed E-state index contributed by atoms with van der Waals surface area (Å²) in [5.41, 5.74) is 3.97. The number of benzene rings is 1. The van der Waals surface area contributed by atoms with Crippen molar-refractivity contribution in [3.63, 3.8) is 0 Å². The Balaban J connectivity index is 0.00000288. The number of amides is 1. The van der Waals surface area contributed by atoms with Crippen molar-refractivity contribution in [3.8, 4) is 0 Å². The van der Waals surface area contributed by atoms with Crippen LogP contribution in [0.4, 0.5) is 0 Å². The van der Waals surface area contributed by atoms with Gasteiger partial charge in [0.05, 0.1) is 6.54 Å². The lowest BCUT2D eigenvalue weighted by Crippen LogP contribution is -2.48. The van der Waals surface area contributed by atoms with Crippen LogP contribution in [0, 0.1) is 0 Å². The number of aliphatic imine (C=N–C) groups is 1. The summed E-state index contributed by atoms with van der Waals surface area (Å²) in [5, 5.41) is 9.21. The fourth-order valence-electron chi connectivity index (χ4n) is 2.77. The quantitative estimate of drug-likeness (QED) is 0.380. The molecule has 1 aromatic carbocycles. The molecule has 0 bridgehead atoms. The minimum atomic E-state index is -0.222. The summed E-state index contributed by atoms with van der Waals surface area (Å²) in [7, 11) is 1.71. The Morgan fingerprint density at radius 3 is 2.54 bits per heavy atom. The maximum atomic E-state index is 11.8. The molecule has 1 aliphatic rings. The summed E-state index contributed by atoms with van der Waals surface area (Å²) in [4.78, 5) is 16.0. The summed E-state index contributed by atoms with van der Waals surface area (Å²) in [6, 6.07) is 6.66. The lowest BCUT2D eigenvalue weighted by atomic mass is 10.1. The summed E-state index contributed by atoms with van der Waals surface area (Å²) < 4.78 is 0. The maximum absolute atomic E-state index is 11.8. The lowest BCUT2D eigenvalue weighted by Gasteiger charge is -2.21. The zero-order chi connectivity index (χ0) is 16.9. The Bertz CT molecular complexity index is 593. The molecular formula is C18H29IN4O. The topological polar surface area (TPSA) is 65.5 Å². The summed E-state index contributed by atoms with van der Waals surface area (Å²) in [6.07, 6.45) is 3.65. The fourth-order valence-corrected chi connectivity index (χ4v) is 2.77. The Labute approximate surface area is 162 Å². The molecule has 0 saturated heterocycles. The highest BCUT2D eigenvalue weighted by atomic mass is 127. The molecule has 2 rings (SSSR count). The number of hydrogen-bond donors (Lipinski definition) is 3. The first-order valence-corrected chi connectivity index (χ1v) is 8.23. The first-order valence-electron chi connectivity index (χ1n) is 8.23. The first kappa shape index (κ1) is 20.7. The molecule has 1 amide bonds. The number of carbonyl (C=O) groups is 1. The van der Waals surface area contributed by atoms with Crippen molar-refractivity contribution >= 4 is 35.8 Å². The van der Waals surface area contributed by atoms with Crippen LogP contribution in [0.1, 0.15) is 43.9 Å². The summed E-state index contributed by atoms with van der Waals surface area (Å²) in [5.74, 6) is 0.590. The third kappa shape index (κ3) is 6.67. The van der Waals surface area contributed by atoms with E-state index in [4.69, 9.17) is 0 Å². The monoisotopic (exact) mass is 444 g/mol.